The number of benzene rings is 1. The second kappa shape index (κ2) is 4.14. The van der Waals surface area contributed by atoms with Crippen molar-refractivity contribution in [1.29, 1.82) is 0 Å². The van der Waals surface area contributed by atoms with E-state index in [4.69, 9.17) is 28.3 Å². The largest absolute Gasteiger partial charge is 0.394 e. The highest BCUT2D eigenvalue weighted by atomic mass is 35.5. The summed E-state index contributed by atoms with van der Waals surface area (Å²) in [5, 5.41) is 10.1. The molecule has 0 fully saturated rings. The molecule has 0 aliphatic carbocycles. The van der Waals surface area contributed by atoms with Crippen LogP contribution in [0.4, 0.5) is 0 Å². The van der Waals surface area contributed by atoms with Gasteiger partial charge in [0.05, 0.1) is 33.3 Å². The van der Waals surface area contributed by atoms with Gasteiger partial charge in [-0.3, -0.25) is 8.75 Å². The van der Waals surface area contributed by atoms with Crippen molar-refractivity contribution in [2.45, 2.75) is 6.54 Å². The van der Waals surface area contributed by atoms with Crippen LogP contribution in [-0.4, -0.2) is 15.7 Å². The number of aromatic nitrogens is 1. The minimum absolute atomic E-state index is 0.0613. The maximum absolute atomic E-state index is 11.7. The van der Waals surface area contributed by atoms with E-state index in [0.717, 1.165) is 4.70 Å². The molecule has 0 saturated heterocycles. The third kappa shape index (κ3) is 1.90. The van der Waals surface area contributed by atoms with Crippen molar-refractivity contribution in [3.8, 4) is 0 Å². The van der Waals surface area contributed by atoms with Crippen LogP contribution in [0.1, 0.15) is 0 Å². The van der Waals surface area contributed by atoms with Crippen molar-refractivity contribution in [1.82, 2.24) is 3.96 Å². The van der Waals surface area contributed by atoms with E-state index in [1.807, 2.05) is 0 Å². The lowest BCUT2D eigenvalue weighted by atomic mass is 10.3. The molecule has 0 aliphatic rings. The van der Waals surface area contributed by atoms with E-state index in [0.29, 0.717) is 22.0 Å². The number of nitrogens with zero attached hydrogens (tertiary/aromatic N) is 1. The minimum Gasteiger partial charge on any atom is -0.394 e. The molecule has 0 atom stereocenters. The molecular formula is C9H7Cl2NO2S. The molecule has 0 aliphatic heterocycles. The zero-order valence-corrected chi connectivity index (χ0v) is 9.86. The Morgan fingerprint density at radius 3 is 2.67 bits per heavy atom. The number of aliphatic hydroxyl groups is 1. The summed E-state index contributed by atoms with van der Waals surface area (Å²) in [6, 6.07) is 3.23. The second-order valence-corrected chi connectivity index (χ2v) is 4.86. The monoisotopic (exact) mass is 263 g/mol. The van der Waals surface area contributed by atoms with Gasteiger partial charge in [-0.25, -0.2) is 0 Å². The van der Waals surface area contributed by atoms with Crippen LogP contribution in [0.25, 0.3) is 10.1 Å². The first-order valence-electron chi connectivity index (χ1n) is 4.23. The van der Waals surface area contributed by atoms with Crippen LogP contribution >= 0.6 is 34.7 Å². The maximum Gasteiger partial charge on any atom is 0.268 e. The highest BCUT2D eigenvalue weighted by Crippen LogP contribution is 2.28. The third-order valence-electron chi connectivity index (χ3n) is 1.99. The molecule has 2 rings (SSSR count). The van der Waals surface area contributed by atoms with Gasteiger partial charge >= 0.3 is 0 Å². The van der Waals surface area contributed by atoms with Gasteiger partial charge in [-0.15, -0.1) is 0 Å². The zero-order valence-electron chi connectivity index (χ0n) is 7.54. The van der Waals surface area contributed by atoms with Crippen LogP contribution < -0.4 is 5.56 Å². The standard InChI is InChI=1S/C9H7Cl2NO2S/c10-6-3-5-8(4-7(6)11)15-12(1-2-13)9(5)14/h3-4,13H,1-2H2. The molecule has 0 radical (unpaired) electrons. The molecule has 0 spiro atoms. The van der Waals surface area contributed by atoms with E-state index >= 15 is 0 Å². The summed E-state index contributed by atoms with van der Waals surface area (Å²) < 4.78 is 2.26. The lowest BCUT2D eigenvalue weighted by Gasteiger charge is -1.92. The number of fused-ring (bicyclic) bond motifs is 1. The van der Waals surface area contributed by atoms with Gasteiger partial charge in [0.2, 0.25) is 0 Å². The van der Waals surface area contributed by atoms with Crippen LogP contribution in [0.3, 0.4) is 0 Å². The van der Waals surface area contributed by atoms with Gasteiger partial charge in [-0.2, -0.15) is 0 Å². The average Bonchev–Trinajstić information content (AvgIpc) is 2.47. The molecule has 6 heteroatoms. The Bertz CT molecular complexity index is 561. The molecule has 0 bridgehead atoms. The van der Waals surface area contributed by atoms with E-state index in [2.05, 4.69) is 0 Å². The van der Waals surface area contributed by atoms with Gasteiger partial charge in [0, 0.05) is 0 Å². The van der Waals surface area contributed by atoms with Gasteiger partial charge in [0.1, 0.15) is 0 Å². The van der Waals surface area contributed by atoms with Gasteiger partial charge < -0.3 is 5.11 Å². The van der Waals surface area contributed by atoms with Crippen molar-refractivity contribution >= 4 is 44.8 Å². The molecule has 3 nitrogen and oxygen atoms in total. The lowest BCUT2D eigenvalue weighted by molar-refractivity contribution is 0.279. The fraction of sp³-hybridized carbons (Fsp3) is 0.222. The topological polar surface area (TPSA) is 42.2 Å². The molecule has 2 aromatic rings. The molecule has 80 valence electrons. The number of aliphatic hydroxyl groups excluding tert-OH is 1. The average molecular weight is 264 g/mol. The summed E-state index contributed by atoms with van der Waals surface area (Å²) in [6.07, 6.45) is 0. The molecular weight excluding hydrogens is 257 g/mol. The molecule has 1 N–H and O–H groups in total. The summed E-state index contributed by atoms with van der Waals surface area (Å²) in [7, 11) is 0. The van der Waals surface area contributed by atoms with Gasteiger partial charge in [0.15, 0.2) is 0 Å². The zero-order chi connectivity index (χ0) is 11.0. The Morgan fingerprint density at radius 2 is 2.00 bits per heavy atom. The summed E-state index contributed by atoms with van der Waals surface area (Å²) in [4.78, 5) is 11.7. The van der Waals surface area contributed by atoms with E-state index in [1.165, 1.54) is 15.5 Å². The first-order valence-corrected chi connectivity index (χ1v) is 5.76. The van der Waals surface area contributed by atoms with Crippen LogP contribution in [0, 0.1) is 0 Å². The van der Waals surface area contributed by atoms with Crippen LogP contribution in [0.2, 0.25) is 10.0 Å². The molecule has 0 unspecified atom stereocenters. The van der Waals surface area contributed by atoms with Crippen molar-refractivity contribution < 1.29 is 5.11 Å². The van der Waals surface area contributed by atoms with Gasteiger partial charge in [0.25, 0.3) is 5.56 Å². The summed E-state index contributed by atoms with van der Waals surface area (Å²) in [5.74, 6) is 0. The SMILES string of the molecule is O=c1c2cc(Cl)c(Cl)cc2sn1CCO. The summed E-state index contributed by atoms with van der Waals surface area (Å²) in [5.41, 5.74) is -0.136. The number of hydrogen-bond acceptors (Lipinski definition) is 3. The number of halogens is 2. The Balaban J connectivity index is 2.72. The molecule has 0 amide bonds. The first-order chi connectivity index (χ1) is 7.13. The van der Waals surface area contributed by atoms with E-state index in [-0.39, 0.29) is 12.2 Å². The Morgan fingerprint density at radius 1 is 1.33 bits per heavy atom. The highest BCUT2D eigenvalue weighted by Gasteiger charge is 2.09. The van der Waals surface area contributed by atoms with Crippen LogP contribution in [-0.2, 0) is 6.54 Å². The fourth-order valence-corrected chi connectivity index (χ4v) is 2.70. The molecule has 0 saturated carbocycles. The van der Waals surface area contributed by atoms with Gasteiger partial charge in [-0.1, -0.05) is 34.7 Å². The fourth-order valence-electron chi connectivity index (χ4n) is 1.30. The van der Waals surface area contributed by atoms with Crippen molar-refractivity contribution in [3.05, 3.63) is 32.5 Å². The molecule has 1 aromatic carbocycles. The molecule has 1 aromatic heterocycles. The van der Waals surface area contributed by atoms with E-state index < -0.39 is 0 Å². The minimum atomic E-state index is -0.136. The Labute approximate surface area is 99.6 Å². The molecule has 15 heavy (non-hydrogen) atoms. The van der Waals surface area contributed by atoms with Gasteiger partial charge in [-0.05, 0) is 12.1 Å². The van der Waals surface area contributed by atoms with E-state index in [1.54, 1.807) is 12.1 Å². The van der Waals surface area contributed by atoms with Crippen molar-refractivity contribution in [3.63, 3.8) is 0 Å². The van der Waals surface area contributed by atoms with Crippen LogP contribution in [0.15, 0.2) is 16.9 Å². The highest BCUT2D eigenvalue weighted by molar-refractivity contribution is 7.13. The van der Waals surface area contributed by atoms with Crippen LogP contribution in [0.5, 0.6) is 0 Å². The maximum atomic E-state index is 11.7. The summed E-state index contributed by atoms with van der Waals surface area (Å²) in [6.45, 7) is 0.238. The Kier molecular flexibility index (Phi) is 3.02. The first kappa shape index (κ1) is 11.0. The predicted molar refractivity (Wildman–Crippen MR) is 63.2 cm³/mol. The normalized spacial score (nSPS) is 11.1. The van der Waals surface area contributed by atoms with Crippen molar-refractivity contribution in [2.75, 3.05) is 6.61 Å². The number of rotatable bonds is 2. The van der Waals surface area contributed by atoms with E-state index in [9.17, 15) is 4.79 Å². The van der Waals surface area contributed by atoms with Crippen molar-refractivity contribution in [2.24, 2.45) is 0 Å². The Hall–Kier alpha value is -0.550. The smallest absolute Gasteiger partial charge is 0.268 e. The quantitative estimate of drug-likeness (QED) is 0.904. The second-order valence-electron chi connectivity index (χ2n) is 2.98. The lowest BCUT2D eigenvalue weighted by Crippen LogP contribution is -2.14. The number of hydrogen-bond donors (Lipinski definition) is 1. The molecule has 1 heterocycles. The predicted octanol–water partition coefficient (Wildman–Crippen LogP) is 2.36. The summed E-state index contributed by atoms with van der Waals surface area (Å²) >= 11 is 12.9. The third-order valence-corrected chi connectivity index (χ3v) is 3.82.